The fourth-order valence-electron chi connectivity index (χ4n) is 3.39. The summed E-state index contributed by atoms with van der Waals surface area (Å²) in [7, 11) is 3.93. The summed E-state index contributed by atoms with van der Waals surface area (Å²) in [5.41, 5.74) is 0.823. The summed E-state index contributed by atoms with van der Waals surface area (Å²) >= 11 is 0. The zero-order valence-electron chi connectivity index (χ0n) is 13.2. The standard InChI is InChI=1S/C18H23NO3/c1-11-18(21)14(19(2)3)10-16(22-11)17-13-7-5-4-6-12(13)8-9-15(17)20/h4-9,11,14,16,18,20-21H,10H2,1-3H3/t11-,14-,16-,18-/m1/s1. The first-order valence-electron chi connectivity index (χ1n) is 7.69. The maximum Gasteiger partial charge on any atom is 0.122 e. The number of rotatable bonds is 2. The van der Waals surface area contributed by atoms with E-state index in [-0.39, 0.29) is 24.0 Å². The van der Waals surface area contributed by atoms with Gasteiger partial charge in [0.2, 0.25) is 0 Å². The molecule has 1 aliphatic heterocycles. The number of aliphatic hydroxyl groups excluding tert-OH is 1. The summed E-state index contributed by atoms with van der Waals surface area (Å²) in [6.07, 6.45) is -0.370. The summed E-state index contributed by atoms with van der Waals surface area (Å²) in [6, 6.07) is 11.6. The third-order valence-corrected chi connectivity index (χ3v) is 4.64. The zero-order valence-corrected chi connectivity index (χ0v) is 13.2. The molecule has 4 nitrogen and oxygen atoms in total. The normalized spacial score (nSPS) is 29.1. The van der Waals surface area contributed by atoms with E-state index in [1.54, 1.807) is 6.07 Å². The van der Waals surface area contributed by atoms with E-state index in [1.165, 1.54) is 0 Å². The van der Waals surface area contributed by atoms with Gasteiger partial charge in [-0.1, -0.05) is 30.3 Å². The van der Waals surface area contributed by atoms with Crippen LogP contribution in [0.3, 0.4) is 0 Å². The summed E-state index contributed by atoms with van der Waals surface area (Å²) in [5.74, 6) is 0.254. The summed E-state index contributed by atoms with van der Waals surface area (Å²) < 4.78 is 6.02. The topological polar surface area (TPSA) is 52.9 Å². The molecule has 22 heavy (non-hydrogen) atoms. The van der Waals surface area contributed by atoms with Crippen LogP contribution >= 0.6 is 0 Å². The molecule has 0 unspecified atom stereocenters. The lowest BCUT2D eigenvalue weighted by Gasteiger charge is -2.41. The highest BCUT2D eigenvalue weighted by atomic mass is 16.5. The van der Waals surface area contributed by atoms with Crippen molar-refractivity contribution in [1.29, 1.82) is 0 Å². The molecule has 0 saturated carbocycles. The lowest BCUT2D eigenvalue weighted by Crippen LogP contribution is -2.50. The van der Waals surface area contributed by atoms with Crippen LogP contribution in [0.5, 0.6) is 5.75 Å². The van der Waals surface area contributed by atoms with E-state index in [0.717, 1.165) is 16.3 Å². The number of hydrogen-bond acceptors (Lipinski definition) is 4. The van der Waals surface area contributed by atoms with Crippen LogP contribution in [0.1, 0.15) is 25.0 Å². The third-order valence-electron chi connectivity index (χ3n) is 4.64. The van der Waals surface area contributed by atoms with Gasteiger partial charge in [0.15, 0.2) is 0 Å². The zero-order chi connectivity index (χ0) is 15.9. The van der Waals surface area contributed by atoms with Gasteiger partial charge < -0.3 is 19.8 Å². The second-order valence-electron chi connectivity index (χ2n) is 6.31. The molecule has 1 heterocycles. The van der Waals surface area contributed by atoms with Crippen LogP contribution < -0.4 is 0 Å². The number of aliphatic hydroxyl groups is 1. The van der Waals surface area contributed by atoms with E-state index in [9.17, 15) is 10.2 Å². The SMILES string of the molecule is C[C@H]1O[C@@H](c2c(O)ccc3ccccc23)C[C@@H](N(C)C)[C@@H]1O. The molecule has 0 radical (unpaired) electrons. The van der Waals surface area contributed by atoms with E-state index in [4.69, 9.17) is 4.74 Å². The van der Waals surface area contributed by atoms with E-state index in [1.807, 2.05) is 56.3 Å². The number of likely N-dealkylation sites (N-methyl/N-ethyl adjacent to an activating group) is 1. The first-order valence-corrected chi connectivity index (χ1v) is 7.69. The molecule has 4 heteroatoms. The molecule has 2 N–H and O–H groups in total. The number of phenolic OH excluding ortho intramolecular Hbond substituents is 1. The van der Waals surface area contributed by atoms with Crippen molar-refractivity contribution in [3.8, 4) is 5.75 Å². The lowest BCUT2D eigenvalue weighted by atomic mass is 9.89. The number of ether oxygens (including phenoxy) is 1. The minimum absolute atomic E-state index is 0.00659. The van der Waals surface area contributed by atoms with Gasteiger partial charge in [-0.3, -0.25) is 0 Å². The minimum Gasteiger partial charge on any atom is -0.508 e. The second kappa shape index (κ2) is 5.88. The second-order valence-corrected chi connectivity index (χ2v) is 6.31. The van der Waals surface area contributed by atoms with Gasteiger partial charge in [0.1, 0.15) is 5.75 Å². The molecule has 1 aliphatic rings. The van der Waals surface area contributed by atoms with Crippen molar-refractivity contribution in [2.24, 2.45) is 0 Å². The largest absolute Gasteiger partial charge is 0.508 e. The van der Waals surface area contributed by atoms with Gasteiger partial charge in [0, 0.05) is 11.6 Å². The van der Waals surface area contributed by atoms with Crippen molar-refractivity contribution >= 4 is 10.8 Å². The van der Waals surface area contributed by atoms with Crippen molar-refractivity contribution in [1.82, 2.24) is 4.90 Å². The summed E-state index contributed by atoms with van der Waals surface area (Å²) in [6.45, 7) is 1.88. The summed E-state index contributed by atoms with van der Waals surface area (Å²) in [4.78, 5) is 2.03. The Kier molecular flexibility index (Phi) is 4.08. The van der Waals surface area contributed by atoms with E-state index in [0.29, 0.717) is 6.42 Å². The molecule has 3 rings (SSSR count). The van der Waals surface area contributed by atoms with Gasteiger partial charge in [-0.15, -0.1) is 0 Å². The van der Waals surface area contributed by atoms with Gasteiger partial charge in [-0.25, -0.2) is 0 Å². The van der Waals surface area contributed by atoms with Crippen LogP contribution in [0, 0.1) is 0 Å². The highest BCUT2D eigenvalue weighted by Gasteiger charge is 2.38. The van der Waals surface area contributed by atoms with Crippen LogP contribution in [-0.2, 0) is 4.74 Å². The number of hydrogen-bond donors (Lipinski definition) is 2. The quantitative estimate of drug-likeness (QED) is 0.895. The molecule has 4 atom stereocenters. The maximum atomic E-state index is 10.4. The molecule has 0 bridgehead atoms. The smallest absolute Gasteiger partial charge is 0.122 e. The van der Waals surface area contributed by atoms with Crippen molar-refractivity contribution in [2.75, 3.05) is 14.1 Å². The number of fused-ring (bicyclic) bond motifs is 1. The molecule has 0 spiro atoms. The van der Waals surface area contributed by atoms with Crippen LogP contribution in [0.2, 0.25) is 0 Å². The molecule has 0 aromatic heterocycles. The van der Waals surface area contributed by atoms with Crippen LogP contribution in [0.15, 0.2) is 36.4 Å². The molecule has 2 aromatic rings. The van der Waals surface area contributed by atoms with Crippen molar-refractivity contribution in [3.05, 3.63) is 42.0 Å². The Morgan fingerprint density at radius 3 is 2.59 bits per heavy atom. The van der Waals surface area contributed by atoms with E-state index >= 15 is 0 Å². The van der Waals surface area contributed by atoms with Crippen molar-refractivity contribution < 1.29 is 14.9 Å². The van der Waals surface area contributed by atoms with Gasteiger partial charge in [0.05, 0.1) is 18.3 Å². The molecular formula is C18H23NO3. The van der Waals surface area contributed by atoms with Crippen molar-refractivity contribution in [3.63, 3.8) is 0 Å². The number of phenols is 1. The molecule has 1 fully saturated rings. The number of aromatic hydroxyl groups is 1. The lowest BCUT2D eigenvalue weighted by molar-refractivity contribution is -0.142. The fourth-order valence-corrected chi connectivity index (χ4v) is 3.39. The Balaban J connectivity index is 2.05. The van der Waals surface area contributed by atoms with Crippen LogP contribution in [0.25, 0.3) is 10.8 Å². The Hall–Kier alpha value is -1.62. The highest BCUT2D eigenvalue weighted by molar-refractivity contribution is 5.88. The van der Waals surface area contributed by atoms with Gasteiger partial charge in [-0.05, 0) is 44.3 Å². The van der Waals surface area contributed by atoms with Gasteiger partial charge in [0.25, 0.3) is 0 Å². The number of nitrogens with zero attached hydrogens (tertiary/aromatic N) is 1. The molecular weight excluding hydrogens is 278 g/mol. The first-order chi connectivity index (χ1) is 10.5. The fraction of sp³-hybridized carbons (Fsp3) is 0.444. The molecule has 0 amide bonds. The van der Waals surface area contributed by atoms with Gasteiger partial charge >= 0.3 is 0 Å². The van der Waals surface area contributed by atoms with Crippen molar-refractivity contribution in [2.45, 2.75) is 37.7 Å². The van der Waals surface area contributed by atoms with Crippen LogP contribution in [0.4, 0.5) is 0 Å². The minimum atomic E-state index is -0.525. The Bertz CT molecular complexity index is 670. The average Bonchev–Trinajstić information content (AvgIpc) is 2.49. The molecule has 2 aromatic carbocycles. The van der Waals surface area contributed by atoms with Gasteiger partial charge in [-0.2, -0.15) is 0 Å². The third kappa shape index (κ3) is 2.58. The van der Waals surface area contributed by atoms with E-state index in [2.05, 4.69) is 0 Å². The first kappa shape index (κ1) is 15.3. The Labute approximate surface area is 130 Å². The molecule has 118 valence electrons. The molecule has 0 aliphatic carbocycles. The van der Waals surface area contributed by atoms with E-state index < -0.39 is 6.10 Å². The predicted molar refractivity (Wildman–Crippen MR) is 87.0 cm³/mol. The highest BCUT2D eigenvalue weighted by Crippen LogP contribution is 2.40. The van der Waals surface area contributed by atoms with Crippen LogP contribution in [-0.4, -0.2) is 47.5 Å². The maximum absolute atomic E-state index is 10.4. The monoisotopic (exact) mass is 301 g/mol. The predicted octanol–water partition coefficient (Wildman–Crippen LogP) is 2.69. The Morgan fingerprint density at radius 2 is 1.86 bits per heavy atom. The average molecular weight is 301 g/mol. The number of benzene rings is 2. The molecule has 1 saturated heterocycles. The Morgan fingerprint density at radius 1 is 1.14 bits per heavy atom. The summed E-state index contributed by atoms with van der Waals surface area (Å²) in [5, 5.41) is 22.8.